The van der Waals surface area contributed by atoms with Crippen molar-refractivity contribution in [3.05, 3.63) is 74.7 Å². The lowest BCUT2D eigenvalue weighted by Crippen LogP contribution is -2.00. The van der Waals surface area contributed by atoms with Gasteiger partial charge >= 0.3 is 5.69 Å². The van der Waals surface area contributed by atoms with Gasteiger partial charge in [-0.05, 0) is 24.3 Å². The molecule has 6 heteroatoms. The number of benzene rings is 2. The minimum absolute atomic E-state index is 0.0639. The zero-order chi connectivity index (χ0) is 13.8. The Hall–Kier alpha value is -3.07. The third kappa shape index (κ3) is 2.61. The molecular formula is C13H8N3O3+. The fourth-order valence-electron chi connectivity index (χ4n) is 1.58. The molecule has 6 nitrogen and oxygen atoms in total. The van der Waals surface area contributed by atoms with Gasteiger partial charge in [-0.3, -0.25) is 14.9 Å². The van der Waals surface area contributed by atoms with Crippen LogP contribution < -0.4 is 0 Å². The summed E-state index contributed by atoms with van der Waals surface area (Å²) in [7, 11) is 0. The molecule has 0 heterocycles. The first kappa shape index (κ1) is 12.4. The lowest BCUT2D eigenvalue weighted by Gasteiger charge is -1.99. The van der Waals surface area contributed by atoms with Gasteiger partial charge in [0.1, 0.15) is 0 Å². The van der Waals surface area contributed by atoms with E-state index in [2.05, 4.69) is 4.98 Å². The highest BCUT2D eigenvalue weighted by atomic mass is 16.6. The van der Waals surface area contributed by atoms with E-state index in [0.717, 1.165) is 0 Å². The summed E-state index contributed by atoms with van der Waals surface area (Å²) in [6.45, 7) is 0. The number of nitro benzene ring substituents is 1. The summed E-state index contributed by atoms with van der Waals surface area (Å²) in [6.07, 6.45) is 0. The number of carbonyl (C=O) groups is 1. The van der Waals surface area contributed by atoms with Crippen LogP contribution in [0.3, 0.4) is 0 Å². The summed E-state index contributed by atoms with van der Waals surface area (Å²) < 4.78 is 0. The molecule has 0 atom stereocenters. The van der Waals surface area contributed by atoms with Gasteiger partial charge in [0, 0.05) is 35.4 Å². The fourth-order valence-corrected chi connectivity index (χ4v) is 1.58. The Labute approximate surface area is 108 Å². The maximum absolute atomic E-state index is 12.1. The van der Waals surface area contributed by atoms with Crippen LogP contribution in [0.25, 0.3) is 4.98 Å². The summed E-state index contributed by atoms with van der Waals surface area (Å²) in [5.41, 5.74) is 1.06. The zero-order valence-corrected chi connectivity index (χ0v) is 9.69. The number of hydrogen-bond acceptors (Lipinski definition) is 4. The van der Waals surface area contributed by atoms with Crippen molar-refractivity contribution >= 4 is 17.2 Å². The molecule has 2 aromatic carbocycles. The van der Waals surface area contributed by atoms with Crippen molar-refractivity contribution in [2.24, 2.45) is 0 Å². The summed E-state index contributed by atoms with van der Waals surface area (Å²) in [5, 5.41) is 19.1. The summed E-state index contributed by atoms with van der Waals surface area (Å²) in [4.78, 5) is 25.0. The van der Waals surface area contributed by atoms with E-state index < -0.39 is 4.92 Å². The SMILES string of the molecule is N#[N+]c1ccc(C(=O)c2ccc([N+](=O)[O-])cc2)cc1. The van der Waals surface area contributed by atoms with Crippen LogP contribution in [0.15, 0.2) is 48.5 Å². The van der Waals surface area contributed by atoms with Gasteiger partial charge in [0.05, 0.1) is 4.92 Å². The molecule has 92 valence electrons. The predicted octanol–water partition coefficient (Wildman–Crippen LogP) is 3.31. The molecule has 0 aliphatic heterocycles. The highest BCUT2D eigenvalue weighted by Gasteiger charge is 2.13. The average molecular weight is 254 g/mol. The van der Waals surface area contributed by atoms with Crippen molar-refractivity contribution < 1.29 is 9.72 Å². The molecule has 0 saturated carbocycles. The van der Waals surface area contributed by atoms with E-state index in [1.54, 1.807) is 0 Å². The van der Waals surface area contributed by atoms with Gasteiger partial charge < -0.3 is 0 Å². The number of nitrogens with zero attached hydrogens (tertiary/aromatic N) is 3. The Balaban J connectivity index is 2.28. The van der Waals surface area contributed by atoms with Crippen LogP contribution in [0.1, 0.15) is 15.9 Å². The van der Waals surface area contributed by atoms with Gasteiger partial charge in [0.2, 0.25) is 5.39 Å². The molecule has 0 aliphatic rings. The van der Waals surface area contributed by atoms with Crippen molar-refractivity contribution in [1.82, 2.24) is 0 Å². The molecule has 2 rings (SSSR count). The molecular weight excluding hydrogens is 246 g/mol. The molecule has 0 radical (unpaired) electrons. The van der Waals surface area contributed by atoms with Crippen LogP contribution in [0.5, 0.6) is 0 Å². The summed E-state index contributed by atoms with van der Waals surface area (Å²) in [5.74, 6) is -0.251. The Morgan fingerprint density at radius 1 is 1.00 bits per heavy atom. The largest absolute Gasteiger partial charge is 0.385 e. The van der Waals surface area contributed by atoms with Crippen LogP contribution in [0, 0.1) is 15.5 Å². The van der Waals surface area contributed by atoms with Gasteiger partial charge in [-0.15, -0.1) is 0 Å². The van der Waals surface area contributed by atoms with Crippen LogP contribution >= 0.6 is 0 Å². The van der Waals surface area contributed by atoms with Gasteiger partial charge in [0.25, 0.3) is 5.69 Å². The fraction of sp³-hybridized carbons (Fsp3) is 0. The molecule has 0 aliphatic carbocycles. The third-order valence-corrected chi connectivity index (χ3v) is 2.59. The van der Waals surface area contributed by atoms with E-state index >= 15 is 0 Å². The first-order chi connectivity index (χ1) is 9.11. The highest BCUT2D eigenvalue weighted by molar-refractivity contribution is 6.09. The van der Waals surface area contributed by atoms with E-state index in [1.807, 2.05) is 0 Å². The Morgan fingerprint density at radius 3 is 1.89 bits per heavy atom. The molecule has 19 heavy (non-hydrogen) atoms. The zero-order valence-electron chi connectivity index (χ0n) is 9.69. The van der Waals surface area contributed by atoms with Gasteiger partial charge in [0.15, 0.2) is 10.8 Å². The van der Waals surface area contributed by atoms with Crippen molar-refractivity contribution in [1.29, 1.82) is 5.39 Å². The second-order valence-corrected chi connectivity index (χ2v) is 3.78. The second-order valence-electron chi connectivity index (χ2n) is 3.78. The van der Waals surface area contributed by atoms with E-state index in [9.17, 15) is 14.9 Å². The number of ketones is 1. The number of hydrogen-bond donors (Lipinski definition) is 0. The maximum atomic E-state index is 12.1. The number of nitro groups is 1. The summed E-state index contributed by atoms with van der Waals surface area (Å²) >= 11 is 0. The molecule has 0 fully saturated rings. The average Bonchev–Trinajstić information content (AvgIpc) is 2.46. The van der Waals surface area contributed by atoms with Crippen LogP contribution in [-0.4, -0.2) is 10.7 Å². The minimum Gasteiger partial charge on any atom is -0.289 e. The molecule has 2 aromatic rings. The normalized spacial score (nSPS) is 9.63. The van der Waals surface area contributed by atoms with Gasteiger partial charge in [-0.25, -0.2) is 0 Å². The molecule has 0 aromatic heterocycles. The molecule has 0 spiro atoms. The van der Waals surface area contributed by atoms with Crippen molar-refractivity contribution in [2.45, 2.75) is 0 Å². The topological polar surface area (TPSA) is 88.4 Å². The number of diazo groups is 1. The molecule has 0 bridgehead atoms. The highest BCUT2D eigenvalue weighted by Crippen LogP contribution is 2.18. The minimum atomic E-state index is -0.522. The van der Waals surface area contributed by atoms with Crippen LogP contribution in [0.4, 0.5) is 11.4 Å². The van der Waals surface area contributed by atoms with Crippen molar-refractivity contribution in [3.63, 3.8) is 0 Å². The Bertz CT molecular complexity index is 670. The van der Waals surface area contributed by atoms with Gasteiger partial charge in [-0.2, -0.15) is 0 Å². The van der Waals surface area contributed by atoms with Crippen molar-refractivity contribution in [2.75, 3.05) is 0 Å². The molecule has 0 N–H and O–H groups in total. The lowest BCUT2D eigenvalue weighted by atomic mass is 10.0. The van der Waals surface area contributed by atoms with E-state index in [4.69, 9.17) is 5.39 Å². The van der Waals surface area contributed by atoms with Crippen molar-refractivity contribution in [3.8, 4) is 0 Å². The van der Waals surface area contributed by atoms with Gasteiger partial charge in [-0.1, -0.05) is 0 Å². The predicted molar refractivity (Wildman–Crippen MR) is 67.7 cm³/mol. The Morgan fingerprint density at radius 2 is 1.47 bits per heavy atom. The van der Waals surface area contributed by atoms with Crippen LogP contribution in [-0.2, 0) is 0 Å². The smallest absolute Gasteiger partial charge is 0.289 e. The van der Waals surface area contributed by atoms with E-state index in [-0.39, 0.29) is 11.5 Å². The molecule has 0 unspecified atom stereocenters. The standard InChI is InChI=1S/C13H8N3O3/c14-15-11-5-1-9(2-6-11)13(17)10-3-7-12(8-4-10)16(18)19/h1-8H/q+1. The van der Waals surface area contributed by atoms with E-state index in [0.29, 0.717) is 16.8 Å². The Kier molecular flexibility index (Phi) is 3.30. The third-order valence-electron chi connectivity index (χ3n) is 2.59. The maximum Gasteiger partial charge on any atom is 0.385 e. The van der Waals surface area contributed by atoms with E-state index in [1.165, 1.54) is 48.5 Å². The first-order valence-electron chi connectivity index (χ1n) is 5.36. The summed E-state index contributed by atoms with van der Waals surface area (Å²) in [6, 6.07) is 11.4. The number of non-ortho nitro benzene ring substituents is 1. The second kappa shape index (κ2) is 5.06. The monoisotopic (exact) mass is 254 g/mol. The quantitative estimate of drug-likeness (QED) is 0.363. The molecule has 0 saturated heterocycles. The number of carbonyl (C=O) groups excluding carboxylic acids is 1. The molecule has 0 amide bonds. The van der Waals surface area contributed by atoms with Crippen LogP contribution in [0.2, 0.25) is 0 Å². The number of rotatable bonds is 3. The lowest BCUT2D eigenvalue weighted by molar-refractivity contribution is -0.384. The first-order valence-corrected chi connectivity index (χ1v) is 5.36.